The predicted octanol–water partition coefficient (Wildman–Crippen LogP) is 0.318. The summed E-state index contributed by atoms with van der Waals surface area (Å²) < 4.78 is 9.74. The monoisotopic (exact) mass is 217 g/mol. The van der Waals surface area contributed by atoms with E-state index in [-0.39, 0.29) is 6.42 Å². The Morgan fingerprint density at radius 3 is 3.07 bits per heavy atom. The van der Waals surface area contributed by atoms with Crippen LogP contribution < -0.4 is 0 Å². The second-order valence-electron chi connectivity index (χ2n) is 3.40. The number of aliphatic carboxylic acids is 1. The third kappa shape index (κ3) is 3.75. The summed E-state index contributed by atoms with van der Waals surface area (Å²) in [6, 6.07) is 0. The molecule has 1 unspecified atom stereocenters. The topological polar surface area (TPSA) is 76.1 Å². The first-order valence-corrected chi connectivity index (χ1v) is 4.79. The van der Waals surface area contributed by atoms with Crippen LogP contribution in [0.1, 0.15) is 12.8 Å². The Balaban J connectivity index is 2.29. The summed E-state index contributed by atoms with van der Waals surface area (Å²) in [5.74, 6) is -0.952. The van der Waals surface area contributed by atoms with Gasteiger partial charge >= 0.3 is 12.1 Å². The fraction of sp³-hybridized carbons (Fsp3) is 0.778. The van der Waals surface area contributed by atoms with E-state index in [1.165, 1.54) is 4.90 Å². The summed E-state index contributed by atoms with van der Waals surface area (Å²) in [5, 5.41) is 8.53. The number of carbonyl (C=O) groups is 2. The SMILES string of the molecule is COCCCN1CC(CC(=O)O)OC1=O. The molecule has 0 aromatic rings. The summed E-state index contributed by atoms with van der Waals surface area (Å²) in [6.45, 7) is 1.48. The lowest BCUT2D eigenvalue weighted by Gasteiger charge is -2.11. The maximum Gasteiger partial charge on any atom is 0.410 e. The van der Waals surface area contributed by atoms with Crippen molar-refractivity contribution in [1.82, 2.24) is 4.90 Å². The molecule has 1 atom stereocenters. The summed E-state index contributed by atoms with van der Waals surface area (Å²) in [5.41, 5.74) is 0. The lowest BCUT2D eigenvalue weighted by molar-refractivity contribution is -0.138. The van der Waals surface area contributed by atoms with Crippen molar-refractivity contribution in [2.24, 2.45) is 0 Å². The fourth-order valence-electron chi connectivity index (χ4n) is 1.46. The first-order chi connectivity index (χ1) is 7.13. The van der Waals surface area contributed by atoms with Gasteiger partial charge in [0.25, 0.3) is 0 Å². The molecule has 0 aliphatic carbocycles. The van der Waals surface area contributed by atoms with Crippen molar-refractivity contribution in [3.63, 3.8) is 0 Å². The van der Waals surface area contributed by atoms with E-state index in [1.54, 1.807) is 7.11 Å². The number of nitrogens with zero attached hydrogens (tertiary/aromatic N) is 1. The Hall–Kier alpha value is -1.30. The smallest absolute Gasteiger partial charge is 0.410 e. The van der Waals surface area contributed by atoms with Crippen LogP contribution in [0.3, 0.4) is 0 Å². The van der Waals surface area contributed by atoms with Crippen molar-refractivity contribution in [1.29, 1.82) is 0 Å². The number of amides is 1. The van der Waals surface area contributed by atoms with Crippen LogP contribution in [0.25, 0.3) is 0 Å². The van der Waals surface area contributed by atoms with Crippen LogP contribution in [0.5, 0.6) is 0 Å². The number of carboxylic acid groups (broad SMARTS) is 1. The molecule has 0 radical (unpaired) electrons. The molecule has 6 heteroatoms. The van der Waals surface area contributed by atoms with Gasteiger partial charge in [0.05, 0.1) is 13.0 Å². The number of ether oxygens (including phenoxy) is 2. The van der Waals surface area contributed by atoms with Crippen LogP contribution in [0, 0.1) is 0 Å². The number of hydrogen-bond acceptors (Lipinski definition) is 4. The Morgan fingerprint density at radius 2 is 2.47 bits per heavy atom. The third-order valence-electron chi connectivity index (χ3n) is 2.13. The Kier molecular flexibility index (Phi) is 4.36. The zero-order valence-electron chi connectivity index (χ0n) is 8.64. The standard InChI is InChI=1S/C9H15NO5/c1-14-4-2-3-10-6-7(5-8(11)12)15-9(10)13/h7H,2-6H2,1H3,(H,11,12). The number of methoxy groups -OCH3 is 1. The minimum absolute atomic E-state index is 0.132. The fourth-order valence-corrected chi connectivity index (χ4v) is 1.46. The first-order valence-electron chi connectivity index (χ1n) is 4.79. The molecule has 86 valence electrons. The Morgan fingerprint density at radius 1 is 1.73 bits per heavy atom. The van der Waals surface area contributed by atoms with Crippen molar-refractivity contribution in [3.8, 4) is 0 Å². The number of carboxylic acids is 1. The average molecular weight is 217 g/mol. The Bertz CT molecular complexity index is 243. The number of carbonyl (C=O) groups excluding carboxylic acids is 1. The zero-order valence-corrected chi connectivity index (χ0v) is 8.64. The molecule has 15 heavy (non-hydrogen) atoms. The minimum atomic E-state index is -0.952. The molecule has 0 aromatic carbocycles. The second kappa shape index (κ2) is 5.55. The number of rotatable bonds is 6. The van der Waals surface area contributed by atoms with E-state index in [0.29, 0.717) is 19.7 Å². The van der Waals surface area contributed by atoms with E-state index >= 15 is 0 Å². The van der Waals surface area contributed by atoms with E-state index in [0.717, 1.165) is 6.42 Å². The quantitative estimate of drug-likeness (QED) is 0.648. The molecule has 1 rings (SSSR count). The van der Waals surface area contributed by atoms with Gasteiger partial charge in [-0.1, -0.05) is 0 Å². The summed E-state index contributed by atoms with van der Waals surface area (Å²) in [6.07, 6.45) is -0.354. The van der Waals surface area contributed by atoms with Gasteiger partial charge in [-0.2, -0.15) is 0 Å². The van der Waals surface area contributed by atoms with Crippen molar-refractivity contribution < 1.29 is 24.2 Å². The van der Waals surface area contributed by atoms with Gasteiger partial charge in [0.1, 0.15) is 6.10 Å². The molecule has 1 heterocycles. The van der Waals surface area contributed by atoms with Gasteiger partial charge in [-0.3, -0.25) is 4.79 Å². The summed E-state index contributed by atoms with van der Waals surface area (Å²) >= 11 is 0. The molecule has 1 aliphatic rings. The molecule has 1 saturated heterocycles. The maximum atomic E-state index is 11.2. The van der Waals surface area contributed by atoms with Crippen LogP contribution in [0.15, 0.2) is 0 Å². The highest BCUT2D eigenvalue weighted by Crippen LogP contribution is 2.14. The van der Waals surface area contributed by atoms with E-state index in [4.69, 9.17) is 14.6 Å². The van der Waals surface area contributed by atoms with Gasteiger partial charge < -0.3 is 19.5 Å². The van der Waals surface area contributed by atoms with Gasteiger partial charge in [-0.25, -0.2) is 4.79 Å². The van der Waals surface area contributed by atoms with Crippen molar-refractivity contribution >= 4 is 12.1 Å². The molecular formula is C9H15NO5. The van der Waals surface area contributed by atoms with Gasteiger partial charge in [0.15, 0.2) is 0 Å². The van der Waals surface area contributed by atoms with E-state index in [9.17, 15) is 9.59 Å². The maximum absolute atomic E-state index is 11.2. The molecule has 0 bridgehead atoms. The van der Waals surface area contributed by atoms with E-state index < -0.39 is 18.2 Å². The lowest BCUT2D eigenvalue weighted by atomic mass is 10.2. The molecule has 6 nitrogen and oxygen atoms in total. The molecule has 0 saturated carbocycles. The minimum Gasteiger partial charge on any atom is -0.481 e. The molecule has 0 spiro atoms. The van der Waals surface area contributed by atoms with Gasteiger partial charge in [0.2, 0.25) is 0 Å². The predicted molar refractivity (Wildman–Crippen MR) is 50.6 cm³/mol. The van der Waals surface area contributed by atoms with Crippen molar-refractivity contribution in [2.45, 2.75) is 18.9 Å². The third-order valence-corrected chi connectivity index (χ3v) is 2.13. The molecular weight excluding hydrogens is 202 g/mol. The van der Waals surface area contributed by atoms with Crippen LogP contribution in [-0.2, 0) is 14.3 Å². The molecule has 1 aliphatic heterocycles. The highest BCUT2D eigenvalue weighted by molar-refractivity contribution is 5.72. The van der Waals surface area contributed by atoms with Crippen molar-refractivity contribution in [2.75, 3.05) is 26.8 Å². The number of cyclic esters (lactones) is 1. The van der Waals surface area contributed by atoms with Crippen LogP contribution in [-0.4, -0.2) is 55.0 Å². The normalized spacial score (nSPS) is 20.5. The van der Waals surface area contributed by atoms with Gasteiger partial charge in [-0.15, -0.1) is 0 Å². The Labute approximate surface area is 87.8 Å². The molecule has 1 N–H and O–H groups in total. The largest absolute Gasteiger partial charge is 0.481 e. The first kappa shape index (κ1) is 11.8. The van der Waals surface area contributed by atoms with Crippen LogP contribution >= 0.6 is 0 Å². The van der Waals surface area contributed by atoms with E-state index in [1.807, 2.05) is 0 Å². The van der Waals surface area contributed by atoms with Gasteiger partial charge in [0, 0.05) is 20.3 Å². The average Bonchev–Trinajstić information content (AvgIpc) is 2.46. The van der Waals surface area contributed by atoms with E-state index in [2.05, 4.69) is 0 Å². The van der Waals surface area contributed by atoms with Crippen molar-refractivity contribution in [3.05, 3.63) is 0 Å². The number of hydrogen-bond donors (Lipinski definition) is 1. The highest BCUT2D eigenvalue weighted by atomic mass is 16.6. The summed E-state index contributed by atoms with van der Waals surface area (Å²) in [4.78, 5) is 23.1. The lowest BCUT2D eigenvalue weighted by Crippen LogP contribution is -2.27. The molecule has 0 aromatic heterocycles. The molecule has 1 fully saturated rings. The second-order valence-corrected chi connectivity index (χ2v) is 3.40. The highest BCUT2D eigenvalue weighted by Gasteiger charge is 2.31. The van der Waals surface area contributed by atoms with Crippen LogP contribution in [0.2, 0.25) is 0 Å². The molecule has 1 amide bonds. The van der Waals surface area contributed by atoms with Gasteiger partial charge in [-0.05, 0) is 6.42 Å². The van der Waals surface area contributed by atoms with Crippen LogP contribution in [0.4, 0.5) is 4.79 Å². The zero-order chi connectivity index (χ0) is 11.3. The summed E-state index contributed by atoms with van der Waals surface area (Å²) in [7, 11) is 1.59.